The summed E-state index contributed by atoms with van der Waals surface area (Å²) in [5, 5.41) is 0.466. The number of fused-ring (bicyclic) bond motifs is 2. The summed E-state index contributed by atoms with van der Waals surface area (Å²) in [5.74, 6) is 0. The maximum Gasteiger partial charge on any atom is 0.0683 e. The Morgan fingerprint density at radius 3 is 2.52 bits per heavy atom. The van der Waals surface area contributed by atoms with Crippen LogP contribution in [0.5, 0.6) is 0 Å². The molecule has 1 aliphatic heterocycles. The molecule has 0 spiro atoms. The van der Waals surface area contributed by atoms with Crippen molar-refractivity contribution in [3.8, 4) is 0 Å². The second-order valence-corrected chi connectivity index (χ2v) is 7.29. The van der Waals surface area contributed by atoms with E-state index in [1.807, 2.05) is 11.8 Å². The van der Waals surface area contributed by atoms with Crippen LogP contribution in [-0.4, -0.2) is 11.3 Å². The average molecular weight is 356 g/mol. The smallest absolute Gasteiger partial charge is 0.0683 e. The molecule has 0 saturated heterocycles. The van der Waals surface area contributed by atoms with Crippen molar-refractivity contribution in [3.63, 3.8) is 0 Å². The number of rotatable bonds is 1. The molecule has 0 bridgehead atoms. The molecule has 0 N–H and O–H groups in total. The first-order chi connectivity index (χ1) is 10.3. The maximum atomic E-state index is 3.52. The van der Waals surface area contributed by atoms with Gasteiger partial charge in [-0.3, -0.25) is 0 Å². The van der Waals surface area contributed by atoms with E-state index in [4.69, 9.17) is 0 Å². The standard InChI is InChI=1S/C18H14BrNS/c19-13-9-11-14(12-10-13)20-15-5-1-3-7-17(15)21-18-8-4-2-6-16(18)20/h1-12,15,17H. The summed E-state index contributed by atoms with van der Waals surface area (Å²) in [5.41, 5.74) is 2.53. The fraction of sp³-hybridized carbons (Fsp3) is 0.111. The Bertz CT molecular complexity index is 720. The molecule has 2 atom stereocenters. The third kappa shape index (κ3) is 2.34. The van der Waals surface area contributed by atoms with Gasteiger partial charge in [-0.2, -0.15) is 0 Å². The summed E-state index contributed by atoms with van der Waals surface area (Å²) in [6, 6.07) is 17.6. The molecule has 1 nitrogen and oxygen atoms in total. The summed E-state index contributed by atoms with van der Waals surface area (Å²) in [7, 11) is 0. The lowest BCUT2D eigenvalue weighted by molar-refractivity contribution is 0.778. The van der Waals surface area contributed by atoms with Crippen LogP contribution in [0, 0.1) is 0 Å². The summed E-state index contributed by atoms with van der Waals surface area (Å²) < 4.78 is 1.11. The second kappa shape index (κ2) is 5.39. The minimum atomic E-state index is 0.371. The number of hydrogen-bond donors (Lipinski definition) is 0. The minimum Gasteiger partial charge on any atom is -0.332 e. The van der Waals surface area contributed by atoms with Crippen LogP contribution in [-0.2, 0) is 0 Å². The van der Waals surface area contributed by atoms with Crippen molar-refractivity contribution in [2.75, 3.05) is 4.90 Å². The fourth-order valence-electron chi connectivity index (χ4n) is 2.89. The van der Waals surface area contributed by atoms with Gasteiger partial charge >= 0.3 is 0 Å². The van der Waals surface area contributed by atoms with Gasteiger partial charge in [-0.05, 0) is 36.4 Å². The zero-order chi connectivity index (χ0) is 14.2. The van der Waals surface area contributed by atoms with Crippen LogP contribution in [0.15, 0.2) is 82.2 Å². The van der Waals surface area contributed by atoms with Crippen molar-refractivity contribution in [2.45, 2.75) is 16.2 Å². The van der Waals surface area contributed by atoms with Crippen LogP contribution in [0.2, 0.25) is 0 Å². The summed E-state index contributed by atoms with van der Waals surface area (Å²) in [6.07, 6.45) is 8.91. The number of anilines is 2. The van der Waals surface area contributed by atoms with E-state index in [1.165, 1.54) is 16.3 Å². The van der Waals surface area contributed by atoms with Crippen LogP contribution in [0.25, 0.3) is 0 Å². The number of benzene rings is 2. The van der Waals surface area contributed by atoms with E-state index in [0.29, 0.717) is 11.3 Å². The van der Waals surface area contributed by atoms with Gasteiger partial charge in [0.1, 0.15) is 0 Å². The van der Waals surface area contributed by atoms with E-state index in [2.05, 4.69) is 93.7 Å². The molecule has 2 aromatic rings. The van der Waals surface area contributed by atoms with Crippen LogP contribution >= 0.6 is 27.7 Å². The predicted octanol–water partition coefficient (Wildman–Crippen LogP) is 5.56. The van der Waals surface area contributed by atoms with Crippen molar-refractivity contribution in [1.29, 1.82) is 0 Å². The van der Waals surface area contributed by atoms with Gasteiger partial charge in [-0.1, -0.05) is 52.4 Å². The molecule has 2 unspecified atom stereocenters. The van der Waals surface area contributed by atoms with Gasteiger partial charge in [0, 0.05) is 15.1 Å². The molecule has 1 heterocycles. The van der Waals surface area contributed by atoms with Gasteiger partial charge in [-0.15, -0.1) is 11.8 Å². The normalized spacial score (nSPS) is 22.8. The van der Waals surface area contributed by atoms with Gasteiger partial charge in [0.25, 0.3) is 0 Å². The number of allylic oxidation sites excluding steroid dienone is 2. The molecule has 1 aliphatic carbocycles. The van der Waals surface area contributed by atoms with Gasteiger partial charge in [-0.25, -0.2) is 0 Å². The van der Waals surface area contributed by atoms with Crippen LogP contribution < -0.4 is 4.90 Å². The van der Waals surface area contributed by atoms with Crippen LogP contribution in [0.3, 0.4) is 0 Å². The highest BCUT2D eigenvalue weighted by Crippen LogP contribution is 2.46. The fourth-order valence-corrected chi connectivity index (χ4v) is 4.42. The topological polar surface area (TPSA) is 3.24 Å². The largest absolute Gasteiger partial charge is 0.332 e. The van der Waals surface area contributed by atoms with Crippen molar-refractivity contribution < 1.29 is 0 Å². The number of nitrogens with zero attached hydrogens (tertiary/aromatic N) is 1. The summed E-state index contributed by atoms with van der Waals surface area (Å²) in [4.78, 5) is 3.80. The molecular formula is C18H14BrNS. The molecule has 2 aliphatic rings. The molecule has 21 heavy (non-hydrogen) atoms. The number of hydrogen-bond acceptors (Lipinski definition) is 2. The molecule has 0 radical (unpaired) electrons. The van der Waals surface area contributed by atoms with Gasteiger partial charge in [0.2, 0.25) is 0 Å². The number of thioether (sulfide) groups is 1. The molecule has 0 amide bonds. The lowest BCUT2D eigenvalue weighted by atomic mass is 10.0. The van der Waals surface area contributed by atoms with Crippen LogP contribution in [0.4, 0.5) is 11.4 Å². The van der Waals surface area contributed by atoms with E-state index in [0.717, 1.165) is 4.47 Å². The third-order valence-electron chi connectivity index (χ3n) is 3.85. The van der Waals surface area contributed by atoms with E-state index in [1.54, 1.807) is 0 Å². The molecule has 3 heteroatoms. The van der Waals surface area contributed by atoms with Gasteiger partial charge < -0.3 is 4.90 Å². The zero-order valence-corrected chi connectivity index (χ0v) is 13.7. The lowest BCUT2D eigenvalue weighted by Gasteiger charge is -2.42. The average Bonchev–Trinajstić information content (AvgIpc) is 2.53. The highest BCUT2D eigenvalue weighted by Gasteiger charge is 2.33. The van der Waals surface area contributed by atoms with Crippen LogP contribution in [0.1, 0.15) is 0 Å². The minimum absolute atomic E-state index is 0.371. The highest BCUT2D eigenvalue weighted by molar-refractivity contribution is 9.10. The van der Waals surface area contributed by atoms with Crippen molar-refractivity contribution in [2.24, 2.45) is 0 Å². The monoisotopic (exact) mass is 355 g/mol. The van der Waals surface area contributed by atoms with Crippen molar-refractivity contribution in [3.05, 3.63) is 77.3 Å². The molecular weight excluding hydrogens is 342 g/mol. The molecule has 0 fully saturated rings. The Morgan fingerprint density at radius 1 is 0.905 bits per heavy atom. The van der Waals surface area contributed by atoms with Crippen molar-refractivity contribution >= 4 is 39.1 Å². The van der Waals surface area contributed by atoms with E-state index >= 15 is 0 Å². The number of halogens is 1. The second-order valence-electron chi connectivity index (χ2n) is 5.16. The van der Waals surface area contributed by atoms with E-state index < -0.39 is 0 Å². The predicted molar refractivity (Wildman–Crippen MR) is 94.4 cm³/mol. The van der Waals surface area contributed by atoms with E-state index in [9.17, 15) is 0 Å². The maximum absolute atomic E-state index is 3.52. The quantitative estimate of drug-likeness (QED) is 0.658. The van der Waals surface area contributed by atoms with Gasteiger partial charge in [0.05, 0.1) is 17.0 Å². The summed E-state index contributed by atoms with van der Waals surface area (Å²) in [6.45, 7) is 0. The number of para-hydroxylation sites is 1. The van der Waals surface area contributed by atoms with E-state index in [-0.39, 0.29) is 0 Å². The third-order valence-corrected chi connectivity index (χ3v) is 5.68. The Labute approximate surface area is 137 Å². The van der Waals surface area contributed by atoms with Gasteiger partial charge in [0.15, 0.2) is 0 Å². The van der Waals surface area contributed by atoms with Crippen molar-refractivity contribution in [1.82, 2.24) is 0 Å². The lowest BCUT2D eigenvalue weighted by Crippen LogP contribution is -2.40. The molecule has 4 rings (SSSR count). The first-order valence-corrected chi connectivity index (χ1v) is 8.66. The highest BCUT2D eigenvalue weighted by atomic mass is 79.9. The Balaban J connectivity index is 1.87. The Kier molecular flexibility index (Phi) is 3.40. The zero-order valence-electron chi connectivity index (χ0n) is 11.3. The molecule has 0 aromatic heterocycles. The first kappa shape index (κ1) is 13.2. The molecule has 2 aromatic carbocycles. The first-order valence-electron chi connectivity index (χ1n) is 6.98. The molecule has 0 saturated carbocycles. The SMILES string of the molecule is Brc1ccc(N2c3ccccc3SC3C=CC=CC32)cc1. The Hall–Kier alpha value is -1.45. The Morgan fingerprint density at radius 2 is 1.67 bits per heavy atom. The molecule has 104 valence electrons. The summed E-state index contributed by atoms with van der Waals surface area (Å²) >= 11 is 5.48.